The second-order valence-electron chi connectivity index (χ2n) is 4.37. The fourth-order valence-corrected chi connectivity index (χ4v) is 1.76. The third-order valence-electron chi connectivity index (χ3n) is 2.87. The Bertz CT molecular complexity index is 544. The number of carbonyl (C=O) groups is 1. The Morgan fingerprint density at radius 1 is 1.06 bits per heavy atom. The highest BCUT2D eigenvalue weighted by Crippen LogP contribution is 2.13. The van der Waals surface area contributed by atoms with Gasteiger partial charge in [-0.2, -0.15) is 0 Å². The molecule has 0 aliphatic carbocycles. The number of esters is 1. The average molecular weight is 240 g/mol. The Balaban J connectivity index is 2.04. The molecular formula is C16H16O2. The Morgan fingerprint density at radius 3 is 2.50 bits per heavy atom. The summed E-state index contributed by atoms with van der Waals surface area (Å²) in [5, 5.41) is 0. The third-order valence-corrected chi connectivity index (χ3v) is 2.87. The predicted octanol–water partition coefficient (Wildman–Crippen LogP) is 3.66. The Hall–Kier alpha value is -2.09. The average Bonchev–Trinajstić information content (AvgIpc) is 2.40. The Labute approximate surface area is 107 Å². The maximum Gasteiger partial charge on any atom is 0.338 e. The van der Waals surface area contributed by atoms with E-state index in [1.54, 1.807) is 12.1 Å². The van der Waals surface area contributed by atoms with Gasteiger partial charge in [0.1, 0.15) is 6.61 Å². The fourth-order valence-electron chi connectivity index (χ4n) is 1.76. The van der Waals surface area contributed by atoms with Gasteiger partial charge in [-0.15, -0.1) is 0 Å². The minimum atomic E-state index is -0.281. The number of rotatable bonds is 3. The summed E-state index contributed by atoms with van der Waals surface area (Å²) in [7, 11) is 0. The lowest BCUT2D eigenvalue weighted by Crippen LogP contribution is -2.05. The van der Waals surface area contributed by atoms with Crippen molar-refractivity contribution in [3.63, 3.8) is 0 Å². The van der Waals surface area contributed by atoms with E-state index in [0.717, 1.165) is 11.1 Å². The van der Waals surface area contributed by atoms with Gasteiger partial charge in [-0.1, -0.05) is 42.0 Å². The molecule has 0 fully saturated rings. The van der Waals surface area contributed by atoms with E-state index in [9.17, 15) is 4.79 Å². The van der Waals surface area contributed by atoms with E-state index in [1.807, 2.05) is 44.2 Å². The first-order valence-electron chi connectivity index (χ1n) is 5.95. The molecule has 0 bridgehead atoms. The van der Waals surface area contributed by atoms with Crippen LogP contribution in [0.3, 0.4) is 0 Å². The van der Waals surface area contributed by atoms with Crippen LogP contribution in [0.1, 0.15) is 27.0 Å². The smallest absolute Gasteiger partial charge is 0.338 e. The van der Waals surface area contributed by atoms with Crippen molar-refractivity contribution >= 4 is 5.97 Å². The summed E-state index contributed by atoms with van der Waals surface area (Å²) in [6, 6.07) is 15.2. The molecule has 0 aliphatic heterocycles. The third kappa shape index (κ3) is 2.98. The van der Waals surface area contributed by atoms with Crippen molar-refractivity contribution in [2.45, 2.75) is 20.5 Å². The first-order chi connectivity index (χ1) is 8.66. The van der Waals surface area contributed by atoms with Crippen LogP contribution in [0.2, 0.25) is 0 Å². The molecule has 0 aliphatic rings. The molecule has 0 amide bonds. The summed E-state index contributed by atoms with van der Waals surface area (Å²) in [5.74, 6) is -0.281. The number of carbonyl (C=O) groups excluding carboxylic acids is 1. The van der Waals surface area contributed by atoms with Gasteiger partial charge >= 0.3 is 5.97 Å². The van der Waals surface area contributed by atoms with Crippen molar-refractivity contribution < 1.29 is 9.53 Å². The quantitative estimate of drug-likeness (QED) is 0.765. The minimum Gasteiger partial charge on any atom is -0.457 e. The molecule has 0 N–H and O–H groups in total. The molecule has 2 rings (SSSR count). The van der Waals surface area contributed by atoms with Gasteiger partial charge in [0.25, 0.3) is 0 Å². The molecule has 0 atom stereocenters. The molecule has 2 heteroatoms. The predicted molar refractivity (Wildman–Crippen MR) is 71.5 cm³/mol. The number of hydrogen-bond donors (Lipinski definition) is 0. The molecule has 0 radical (unpaired) electrons. The minimum absolute atomic E-state index is 0.281. The first-order valence-corrected chi connectivity index (χ1v) is 5.95. The number of benzene rings is 2. The zero-order chi connectivity index (χ0) is 13.0. The van der Waals surface area contributed by atoms with E-state index in [-0.39, 0.29) is 5.97 Å². The molecule has 18 heavy (non-hydrogen) atoms. The van der Waals surface area contributed by atoms with Crippen molar-refractivity contribution in [3.8, 4) is 0 Å². The summed E-state index contributed by atoms with van der Waals surface area (Å²) >= 11 is 0. The normalized spacial score (nSPS) is 10.1. The lowest BCUT2D eigenvalue weighted by molar-refractivity contribution is 0.0472. The topological polar surface area (TPSA) is 26.3 Å². The first kappa shape index (κ1) is 12.4. The second-order valence-corrected chi connectivity index (χ2v) is 4.37. The summed E-state index contributed by atoms with van der Waals surface area (Å²) in [6.45, 7) is 4.37. The summed E-state index contributed by atoms with van der Waals surface area (Å²) in [4.78, 5) is 11.8. The van der Waals surface area contributed by atoms with Crippen LogP contribution in [-0.4, -0.2) is 5.97 Å². The molecule has 2 aromatic carbocycles. The van der Waals surface area contributed by atoms with Gasteiger partial charge < -0.3 is 4.74 Å². The lowest BCUT2D eigenvalue weighted by Gasteiger charge is -2.08. The molecule has 0 unspecified atom stereocenters. The van der Waals surface area contributed by atoms with Crippen molar-refractivity contribution in [2.24, 2.45) is 0 Å². The van der Waals surface area contributed by atoms with Crippen LogP contribution in [0.4, 0.5) is 0 Å². The molecule has 0 spiro atoms. The maximum absolute atomic E-state index is 11.8. The van der Waals surface area contributed by atoms with Crippen molar-refractivity contribution in [1.29, 1.82) is 0 Å². The molecule has 0 aromatic heterocycles. The maximum atomic E-state index is 11.8. The van der Waals surface area contributed by atoms with Crippen LogP contribution in [0.25, 0.3) is 0 Å². The van der Waals surface area contributed by atoms with Crippen LogP contribution in [0.5, 0.6) is 0 Å². The molecular weight excluding hydrogens is 224 g/mol. The standard InChI is InChI=1S/C16H16O2/c1-12-8-9-13(2)15(10-12)11-18-16(17)14-6-4-3-5-7-14/h3-10H,11H2,1-2H3. The van der Waals surface area contributed by atoms with Gasteiger partial charge in [0, 0.05) is 0 Å². The fraction of sp³-hybridized carbons (Fsp3) is 0.188. The molecule has 2 nitrogen and oxygen atoms in total. The zero-order valence-corrected chi connectivity index (χ0v) is 10.6. The van der Waals surface area contributed by atoms with E-state index in [4.69, 9.17) is 4.74 Å². The molecule has 0 heterocycles. The van der Waals surface area contributed by atoms with E-state index in [0.29, 0.717) is 12.2 Å². The van der Waals surface area contributed by atoms with Crippen molar-refractivity contribution in [3.05, 3.63) is 70.8 Å². The number of hydrogen-bond acceptors (Lipinski definition) is 2. The van der Waals surface area contributed by atoms with Gasteiger partial charge in [0.15, 0.2) is 0 Å². The monoisotopic (exact) mass is 240 g/mol. The Morgan fingerprint density at radius 2 is 1.78 bits per heavy atom. The molecule has 0 saturated carbocycles. The van der Waals surface area contributed by atoms with Crippen molar-refractivity contribution in [2.75, 3.05) is 0 Å². The number of aryl methyl sites for hydroxylation is 2. The highest BCUT2D eigenvalue weighted by molar-refractivity contribution is 5.89. The van der Waals surface area contributed by atoms with Crippen LogP contribution < -0.4 is 0 Å². The van der Waals surface area contributed by atoms with Crippen LogP contribution in [-0.2, 0) is 11.3 Å². The second kappa shape index (κ2) is 5.50. The van der Waals surface area contributed by atoms with Gasteiger partial charge in [-0.05, 0) is 37.1 Å². The summed E-state index contributed by atoms with van der Waals surface area (Å²) in [6.07, 6.45) is 0. The Kier molecular flexibility index (Phi) is 3.78. The molecule has 0 saturated heterocycles. The van der Waals surface area contributed by atoms with Crippen molar-refractivity contribution in [1.82, 2.24) is 0 Å². The van der Waals surface area contributed by atoms with Crippen LogP contribution >= 0.6 is 0 Å². The molecule has 92 valence electrons. The number of ether oxygens (including phenoxy) is 1. The summed E-state index contributed by atoms with van der Waals surface area (Å²) < 4.78 is 5.31. The van der Waals surface area contributed by atoms with Crippen LogP contribution in [0, 0.1) is 13.8 Å². The van der Waals surface area contributed by atoms with E-state index < -0.39 is 0 Å². The van der Waals surface area contributed by atoms with Gasteiger partial charge in [0.2, 0.25) is 0 Å². The van der Waals surface area contributed by atoms with E-state index >= 15 is 0 Å². The van der Waals surface area contributed by atoms with E-state index in [1.165, 1.54) is 5.56 Å². The van der Waals surface area contributed by atoms with Gasteiger partial charge in [-0.25, -0.2) is 4.79 Å². The van der Waals surface area contributed by atoms with Gasteiger partial charge in [-0.3, -0.25) is 0 Å². The SMILES string of the molecule is Cc1ccc(C)c(COC(=O)c2ccccc2)c1. The largest absolute Gasteiger partial charge is 0.457 e. The highest BCUT2D eigenvalue weighted by Gasteiger charge is 2.07. The zero-order valence-electron chi connectivity index (χ0n) is 10.6. The van der Waals surface area contributed by atoms with Crippen LogP contribution in [0.15, 0.2) is 48.5 Å². The van der Waals surface area contributed by atoms with E-state index in [2.05, 4.69) is 6.07 Å². The summed E-state index contributed by atoms with van der Waals surface area (Å²) in [5.41, 5.74) is 3.95. The van der Waals surface area contributed by atoms with Gasteiger partial charge in [0.05, 0.1) is 5.56 Å². The lowest BCUT2D eigenvalue weighted by atomic mass is 10.1. The molecule has 2 aromatic rings. The highest BCUT2D eigenvalue weighted by atomic mass is 16.5.